The Morgan fingerprint density at radius 3 is 2.57 bits per heavy atom. The molecule has 0 aromatic carbocycles. The van der Waals surface area contributed by atoms with Crippen molar-refractivity contribution in [1.29, 1.82) is 0 Å². The number of rotatable bonds is 0. The summed E-state index contributed by atoms with van der Waals surface area (Å²) in [5.41, 5.74) is -0.151. The molecule has 0 spiro atoms. The van der Waals surface area contributed by atoms with Crippen molar-refractivity contribution in [3.8, 4) is 0 Å². The predicted molar refractivity (Wildman–Crippen MR) is 53.7 cm³/mol. The van der Waals surface area contributed by atoms with E-state index in [1.54, 1.807) is 0 Å². The molecule has 2 aliphatic rings. The second-order valence-corrected chi connectivity index (χ2v) is 5.52. The Hall–Kier alpha value is -0.570. The molecular weight excluding hydrogens is 178 g/mol. The summed E-state index contributed by atoms with van der Waals surface area (Å²) in [6, 6.07) is 0.0706. The fourth-order valence-electron chi connectivity index (χ4n) is 2.82. The lowest BCUT2D eigenvalue weighted by Crippen LogP contribution is -2.50. The van der Waals surface area contributed by atoms with E-state index in [0.29, 0.717) is 0 Å². The van der Waals surface area contributed by atoms with Crippen LogP contribution in [0.15, 0.2) is 0 Å². The number of aliphatic hydroxyl groups excluding tert-OH is 1. The van der Waals surface area contributed by atoms with E-state index in [4.69, 9.17) is 0 Å². The van der Waals surface area contributed by atoms with Gasteiger partial charge in [0.15, 0.2) is 0 Å². The van der Waals surface area contributed by atoms with Crippen molar-refractivity contribution >= 4 is 5.91 Å². The van der Waals surface area contributed by atoms with Gasteiger partial charge in [-0.1, -0.05) is 0 Å². The number of hydrogen-bond donors (Lipinski definition) is 1. The molecule has 2 bridgehead atoms. The van der Waals surface area contributed by atoms with E-state index in [1.165, 1.54) is 0 Å². The Bertz CT molecular complexity index is 257. The van der Waals surface area contributed by atoms with Gasteiger partial charge in [-0.25, -0.2) is 0 Å². The first kappa shape index (κ1) is 9.97. The van der Waals surface area contributed by atoms with Crippen LogP contribution in [0.25, 0.3) is 0 Å². The number of nitrogens with zero attached hydrogens (tertiary/aromatic N) is 1. The SMILES string of the molecule is CC(C)(C)N1C(=O)C2CCC(O)C1C2. The summed E-state index contributed by atoms with van der Waals surface area (Å²) in [6.07, 6.45) is 2.20. The van der Waals surface area contributed by atoms with Crippen LogP contribution in [0.1, 0.15) is 40.0 Å². The van der Waals surface area contributed by atoms with Gasteiger partial charge in [-0.3, -0.25) is 4.79 Å². The molecule has 1 N–H and O–H groups in total. The van der Waals surface area contributed by atoms with Crippen LogP contribution < -0.4 is 0 Å². The molecule has 2 rings (SSSR count). The second-order valence-electron chi connectivity index (χ2n) is 5.52. The highest BCUT2D eigenvalue weighted by molar-refractivity contribution is 5.82. The predicted octanol–water partition coefficient (Wildman–Crippen LogP) is 1.16. The molecule has 2 fully saturated rings. The average molecular weight is 197 g/mol. The van der Waals surface area contributed by atoms with E-state index in [2.05, 4.69) is 0 Å². The molecule has 3 unspecified atom stereocenters. The number of amides is 1. The third kappa shape index (κ3) is 1.34. The van der Waals surface area contributed by atoms with Crippen LogP contribution in [0, 0.1) is 5.92 Å². The summed E-state index contributed by atoms with van der Waals surface area (Å²) in [6.45, 7) is 6.12. The maximum absolute atomic E-state index is 12.0. The zero-order valence-electron chi connectivity index (χ0n) is 9.16. The summed E-state index contributed by atoms with van der Waals surface area (Å²) in [4.78, 5) is 13.9. The molecule has 3 nitrogen and oxygen atoms in total. The minimum absolute atomic E-state index is 0.0706. The molecule has 0 aromatic heterocycles. The largest absolute Gasteiger partial charge is 0.391 e. The van der Waals surface area contributed by atoms with E-state index in [9.17, 15) is 9.90 Å². The Kier molecular flexibility index (Phi) is 2.11. The van der Waals surface area contributed by atoms with Crippen molar-refractivity contribution in [1.82, 2.24) is 4.90 Å². The molecule has 1 aliphatic heterocycles. The lowest BCUT2D eigenvalue weighted by Gasteiger charge is -2.38. The van der Waals surface area contributed by atoms with Gasteiger partial charge in [-0.2, -0.15) is 0 Å². The Balaban J connectivity index is 2.28. The smallest absolute Gasteiger partial charge is 0.226 e. The van der Waals surface area contributed by atoms with E-state index in [-0.39, 0.29) is 29.5 Å². The molecule has 0 radical (unpaired) electrons. The lowest BCUT2D eigenvalue weighted by molar-refractivity contribution is -0.137. The average Bonchev–Trinajstić information content (AvgIpc) is 2.32. The number of carbonyl (C=O) groups is 1. The fraction of sp³-hybridized carbons (Fsp3) is 0.909. The van der Waals surface area contributed by atoms with Crippen molar-refractivity contribution in [2.45, 2.75) is 57.7 Å². The molecular formula is C11H19NO2. The van der Waals surface area contributed by atoms with Gasteiger partial charge in [0.2, 0.25) is 5.91 Å². The Labute approximate surface area is 85.1 Å². The zero-order chi connectivity index (χ0) is 10.5. The molecule has 3 atom stereocenters. The number of likely N-dealkylation sites (tertiary alicyclic amines) is 1. The first-order valence-electron chi connectivity index (χ1n) is 5.42. The van der Waals surface area contributed by atoms with Crippen LogP contribution in [0.4, 0.5) is 0 Å². The fourth-order valence-corrected chi connectivity index (χ4v) is 2.82. The van der Waals surface area contributed by atoms with Crippen LogP contribution in [0.3, 0.4) is 0 Å². The number of carbonyl (C=O) groups excluding carboxylic acids is 1. The molecule has 80 valence electrons. The number of aliphatic hydroxyl groups is 1. The van der Waals surface area contributed by atoms with E-state index >= 15 is 0 Å². The van der Waals surface area contributed by atoms with E-state index < -0.39 is 0 Å². The van der Waals surface area contributed by atoms with E-state index in [0.717, 1.165) is 19.3 Å². The topological polar surface area (TPSA) is 40.5 Å². The van der Waals surface area contributed by atoms with Crippen molar-refractivity contribution in [3.05, 3.63) is 0 Å². The van der Waals surface area contributed by atoms with Crippen LogP contribution in [-0.2, 0) is 4.79 Å². The first-order valence-corrected chi connectivity index (χ1v) is 5.42. The monoisotopic (exact) mass is 197 g/mol. The molecule has 1 amide bonds. The molecule has 14 heavy (non-hydrogen) atoms. The normalized spacial score (nSPS) is 37.9. The number of hydrogen-bond acceptors (Lipinski definition) is 2. The highest BCUT2D eigenvalue weighted by atomic mass is 16.3. The second kappa shape index (κ2) is 2.96. The van der Waals surface area contributed by atoms with E-state index in [1.807, 2.05) is 25.7 Å². The van der Waals surface area contributed by atoms with Gasteiger partial charge in [0.05, 0.1) is 12.1 Å². The van der Waals surface area contributed by atoms with Crippen LogP contribution in [-0.4, -0.2) is 33.6 Å². The van der Waals surface area contributed by atoms with Crippen molar-refractivity contribution in [3.63, 3.8) is 0 Å². The van der Waals surface area contributed by atoms with Gasteiger partial charge in [0.1, 0.15) is 0 Å². The minimum Gasteiger partial charge on any atom is -0.391 e. The van der Waals surface area contributed by atoms with Gasteiger partial charge in [-0.05, 0) is 40.0 Å². The molecule has 3 heteroatoms. The lowest BCUT2D eigenvalue weighted by atomic mass is 9.88. The van der Waals surface area contributed by atoms with Gasteiger partial charge < -0.3 is 10.0 Å². The summed E-state index contributed by atoms with van der Waals surface area (Å²) < 4.78 is 0. The summed E-state index contributed by atoms with van der Waals surface area (Å²) in [5.74, 6) is 0.432. The summed E-state index contributed by atoms with van der Waals surface area (Å²) in [5, 5.41) is 9.85. The molecule has 1 saturated carbocycles. The standard InChI is InChI=1S/C11H19NO2/c1-11(2,3)12-8-6-7(10(12)14)4-5-9(8)13/h7-9,13H,4-6H2,1-3H3. The quantitative estimate of drug-likeness (QED) is 0.633. The number of fused-ring (bicyclic) bond motifs is 2. The highest BCUT2D eigenvalue weighted by Gasteiger charge is 2.49. The minimum atomic E-state index is -0.308. The highest BCUT2D eigenvalue weighted by Crippen LogP contribution is 2.40. The van der Waals surface area contributed by atoms with Crippen LogP contribution in [0.2, 0.25) is 0 Å². The van der Waals surface area contributed by atoms with Gasteiger partial charge in [-0.15, -0.1) is 0 Å². The zero-order valence-corrected chi connectivity index (χ0v) is 9.16. The van der Waals surface area contributed by atoms with Crippen LogP contribution >= 0.6 is 0 Å². The molecule has 1 saturated heterocycles. The first-order chi connectivity index (χ1) is 6.41. The maximum atomic E-state index is 12.0. The van der Waals surface area contributed by atoms with Gasteiger partial charge in [0.25, 0.3) is 0 Å². The van der Waals surface area contributed by atoms with Crippen LogP contribution in [0.5, 0.6) is 0 Å². The molecule has 0 aromatic rings. The maximum Gasteiger partial charge on any atom is 0.226 e. The Morgan fingerprint density at radius 1 is 1.36 bits per heavy atom. The van der Waals surface area contributed by atoms with Crippen molar-refractivity contribution in [2.24, 2.45) is 5.92 Å². The Morgan fingerprint density at radius 2 is 2.00 bits per heavy atom. The molecule has 1 heterocycles. The third-order valence-corrected chi connectivity index (χ3v) is 3.42. The van der Waals surface area contributed by atoms with Gasteiger partial charge >= 0.3 is 0 Å². The summed E-state index contributed by atoms with van der Waals surface area (Å²) in [7, 11) is 0. The van der Waals surface area contributed by atoms with Crippen molar-refractivity contribution in [2.75, 3.05) is 0 Å². The summed E-state index contributed by atoms with van der Waals surface area (Å²) >= 11 is 0. The molecule has 1 aliphatic carbocycles. The van der Waals surface area contributed by atoms with Gasteiger partial charge in [0, 0.05) is 11.5 Å². The van der Waals surface area contributed by atoms with Crippen molar-refractivity contribution < 1.29 is 9.90 Å². The third-order valence-electron chi connectivity index (χ3n) is 3.42.